The van der Waals surface area contributed by atoms with Crippen molar-refractivity contribution in [1.29, 1.82) is 0 Å². The zero-order valence-electron chi connectivity index (χ0n) is 11.6. The molecule has 0 radical (unpaired) electrons. The Labute approximate surface area is 113 Å². The highest BCUT2D eigenvalue weighted by molar-refractivity contribution is 5.60. The van der Waals surface area contributed by atoms with Gasteiger partial charge in [0, 0.05) is 23.8 Å². The Morgan fingerprint density at radius 2 is 1.89 bits per heavy atom. The molecule has 0 aliphatic rings. The van der Waals surface area contributed by atoms with Crippen LogP contribution < -0.4 is 5.32 Å². The quantitative estimate of drug-likeness (QED) is 0.865. The summed E-state index contributed by atoms with van der Waals surface area (Å²) < 4.78 is 2.12. The molecular weight excluding hydrogens is 240 g/mol. The van der Waals surface area contributed by atoms with Crippen molar-refractivity contribution in [2.45, 2.75) is 26.8 Å². The maximum atomic E-state index is 8.78. The molecule has 2 rings (SSSR count). The zero-order chi connectivity index (χ0) is 13.8. The summed E-state index contributed by atoms with van der Waals surface area (Å²) in [5.74, 6) is 1.81. The molecule has 0 bridgehead atoms. The number of aromatic nitrogens is 3. The van der Waals surface area contributed by atoms with Gasteiger partial charge in [0.1, 0.15) is 5.82 Å². The van der Waals surface area contributed by atoms with Crippen LogP contribution in [0.2, 0.25) is 0 Å². The highest BCUT2D eigenvalue weighted by Crippen LogP contribution is 2.23. The van der Waals surface area contributed by atoms with Gasteiger partial charge in [0.2, 0.25) is 0 Å². The van der Waals surface area contributed by atoms with Gasteiger partial charge >= 0.3 is 0 Å². The topological polar surface area (TPSA) is 63.0 Å². The van der Waals surface area contributed by atoms with E-state index in [2.05, 4.69) is 33.9 Å². The van der Waals surface area contributed by atoms with Gasteiger partial charge in [-0.15, -0.1) is 10.2 Å². The number of rotatable bonds is 5. The van der Waals surface area contributed by atoms with E-state index in [0.717, 1.165) is 22.9 Å². The van der Waals surface area contributed by atoms with E-state index in [9.17, 15) is 0 Å². The van der Waals surface area contributed by atoms with Gasteiger partial charge in [-0.3, -0.25) is 0 Å². The molecule has 0 aliphatic heterocycles. The normalized spacial score (nSPS) is 11.0. The number of benzene rings is 1. The standard InChI is InChI=1S/C14H20N4O/c1-10(2)18-11(3)16-17-14(18)12-4-6-13(7-5-12)15-8-9-19/h4-7,10,15,19H,8-9H2,1-3H3. The van der Waals surface area contributed by atoms with Crippen LogP contribution >= 0.6 is 0 Å². The number of aliphatic hydroxyl groups excluding tert-OH is 1. The van der Waals surface area contributed by atoms with Crippen molar-refractivity contribution in [3.63, 3.8) is 0 Å². The van der Waals surface area contributed by atoms with E-state index in [1.165, 1.54) is 0 Å². The first-order valence-electron chi connectivity index (χ1n) is 6.50. The molecule has 2 N–H and O–H groups in total. The number of aliphatic hydroxyl groups is 1. The number of hydrogen-bond acceptors (Lipinski definition) is 4. The molecule has 0 atom stereocenters. The van der Waals surface area contributed by atoms with Gasteiger partial charge in [0.25, 0.3) is 0 Å². The maximum Gasteiger partial charge on any atom is 0.164 e. The summed E-state index contributed by atoms with van der Waals surface area (Å²) in [6.45, 7) is 6.89. The maximum absolute atomic E-state index is 8.78. The molecule has 0 unspecified atom stereocenters. The Kier molecular flexibility index (Phi) is 4.16. The van der Waals surface area contributed by atoms with Crippen molar-refractivity contribution in [3.05, 3.63) is 30.1 Å². The van der Waals surface area contributed by atoms with Crippen LogP contribution in [0.3, 0.4) is 0 Å². The van der Waals surface area contributed by atoms with Gasteiger partial charge in [-0.1, -0.05) is 0 Å². The summed E-state index contributed by atoms with van der Waals surface area (Å²) in [5, 5.41) is 20.3. The van der Waals surface area contributed by atoms with Crippen LogP contribution in [-0.4, -0.2) is 33.0 Å². The fourth-order valence-electron chi connectivity index (χ4n) is 2.12. The first-order valence-corrected chi connectivity index (χ1v) is 6.50. The molecule has 5 nitrogen and oxygen atoms in total. The molecule has 1 heterocycles. The summed E-state index contributed by atoms with van der Waals surface area (Å²) in [4.78, 5) is 0. The largest absolute Gasteiger partial charge is 0.395 e. The van der Waals surface area contributed by atoms with Gasteiger partial charge in [0.15, 0.2) is 5.82 Å². The van der Waals surface area contributed by atoms with Crippen molar-refractivity contribution in [3.8, 4) is 11.4 Å². The molecule has 2 aromatic rings. The van der Waals surface area contributed by atoms with Crippen LogP contribution in [0, 0.1) is 6.92 Å². The van der Waals surface area contributed by atoms with Gasteiger partial charge in [-0.2, -0.15) is 0 Å². The lowest BCUT2D eigenvalue weighted by atomic mass is 10.2. The number of hydrogen-bond donors (Lipinski definition) is 2. The summed E-state index contributed by atoms with van der Waals surface area (Å²) in [6, 6.07) is 8.33. The van der Waals surface area contributed by atoms with E-state index in [1.54, 1.807) is 0 Å². The van der Waals surface area contributed by atoms with E-state index < -0.39 is 0 Å². The van der Waals surface area contributed by atoms with Crippen LogP contribution in [0.25, 0.3) is 11.4 Å². The van der Waals surface area contributed by atoms with E-state index in [-0.39, 0.29) is 6.61 Å². The molecule has 0 aliphatic carbocycles. The second-order valence-electron chi connectivity index (χ2n) is 4.76. The highest BCUT2D eigenvalue weighted by Gasteiger charge is 2.13. The van der Waals surface area contributed by atoms with Crippen LogP contribution in [0.4, 0.5) is 5.69 Å². The Bertz CT molecular complexity index is 531. The molecule has 0 saturated carbocycles. The van der Waals surface area contributed by atoms with E-state index >= 15 is 0 Å². The predicted molar refractivity (Wildman–Crippen MR) is 76.2 cm³/mol. The lowest BCUT2D eigenvalue weighted by Crippen LogP contribution is -2.06. The minimum Gasteiger partial charge on any atom is -0.395 e. The smallest absolute Gasteiger partial charge is 0.164 e. The molecule has 19 heavy (non-hydrogen) atoms. The number of nitrogens with zero attached hydrogens (tertiary/aromatic N) is 3. The Morgan fingerprint density at radius 1 is 1.21 bits per heavy atom. The average Bonchev–Trinajstić information content (AvgIpc) is 2.79. The van der Waals surface area contributed by atoms with Gasteiger partial charge in [-0.25, -0.2) is 0 Å². The van der Waals surface area contributed by atoms with Crippen LogP contribution in [0.15, 0.2) is 24.3 Å². The molecule has 5 heteroatoms. The van der Waals surface area contributed by atoms with Crippen molar-refractivity contribution >= 4 is 5.69 Å². The Balaban J connectivity index is 2.27. The van der Waals surface area contributed by atoms with Crippen molar-refractivity contribution in [2.24, 2.45) is 0 Å². The highest BCUT2D eigenvalue weighted by atomic mass is 16.3. The summed E-state index contributed by atoms with van der Waals surface area (Å²) in [6.07, 6.45) is 0. The Morgan fingerprint density at radius 3 is 2.47 bits per heavy atom. The molecular formula is C14H20N4O. The van der Waals surface area contributed by atoms with E-state index in [0.29, 0.717) is 12.6 Å². The second-order valence-corrected chi connectivity index (χ2v) is 4.76. The summed E-state index contributed by atoms with van der Waals surface area (Å²) in [7, 11) is 0. The third-order valence-corrected chi connectivity index (χ3v) is 2.97. The molecule has 0 spiro atoms. The third-order valence-electron chi connectivity index (χ3n) is 2.97. The molecule has 1 aromatic carbocycles. The number of anilines is 1. The number of aryl methyl sites for hydroxylation is 1. The van der Waals surface area contributed by atoms with Gasteiger partial charge < -0.3 is 15.0 Å². The fourth-order valence-corrected chi connectivity index (χ4v) is 2.12. The van der Waals surface area contributed by atoms with Crippen molar-refractivity contribution in [2.75, 3.05) is 18.5 Å². The Hall–Kier alpha value is -1.88. The fraction of sp³-hybridized carbons (Fsp3) is 0.429. The van der Waals surface area contributed by atoms with E-state index in [4.69, 9.17) is 5.11 Å². The SMILES string of the molecule is Cc1nnc(-c2ccc(NCCO)cc2)n1C(C)C. The molecule has 0 saturated heterocycles. The van der Waals surface area contributed by atoms with Crippen LogP contribution in [0.5, 0.6) is 0 Å². The minimum absolute atomic E-state index is 0.128. The monoisotopic (exact) mass is 260 g/mol. The zero-order valence-corrected chi connectivity index (χ0v) is 11.6. The van der Waals surface area contributed by atoms with Crippen LogP contribution in [-0.2, 0) is 0 Å². The van der Waals surface area contributed by atoms with E-state index in [1.807, 2.05) is 31.2 Å². The molecule has 0 amide bonds. The second kappa shape index (κ2) is 5.84. The summed E-state index contributed by atoms with van der Waals surface area (Å²) in [5.41, 5.74) is 2.04. The predicted octanol–water partition coefficient (Wildman–Crippen LogP) is 2.24. The average molecular weight is 260 g/mol. The summed E-state index contributed by atoms with van der Waals surface area (Å²) >= 11 is 0. The van der Waals surface area contributed by atoms with Crippen LogP contribution in [0.1, 0.15) is 25.7 Å². The van der Waals surface area contributed by atoms with Gasteiger partial charge in [0.05, 0.1) is 6.61 Å². The molecule has 1 aromatic heterocycles. The lowest BCUT2D eigenvalue weighted by molar-refractivity contribution is 0.311. The minimum atomic E-state index is 0.128. The van der Waals surface area contributed by atoms with Gasteiger partial charge in [-0.05, 0) is 45.0 Å². The lowest BCUT2D eigenvalue weighted by Gasteiger charge is -2.12. The first kappa shape index (κ1) is 13.5. The molecule has 0 fully saturated rings. The van der Waals surface area contributed by atoms with Crippen molar-refractivity contribution in [1.82, 2.24) is 14.8 Å². The third kappa shape index (κ3) is 2.93. The van der Waals surface area contributed by atoms with Crippen molar-refractivity contribution < 1.29 is 5.11 Å². The number of nitrogens with one attached hydrogen (secondary N) is 1. The molecule has 102 valence electrons. The first-order chi connectivity index (χ1) is 9.13.